The summed E-state index contributed by atoms with van der Waals surface area (Å²) in [4.78, 5) is 13.5. The summed E-state index contributed by atoms with van der Waals surface area (Å²) >= 11 is 0. The monoisotopic (exact) mass is 228 g/mol. The minimum Gasteiger partial charge on any atom is -0.388 e. The number of likely N-dealkylation sites (tertiary alicyclic amines) is 1. The highest BCUT2D eigenvalue weighted by Crippen LogP contribution is 2.23. The highest BCUT2D eigenvalue weighted by Gasteiger charge is 2.35. The second kappa shape index (κ2) is 4.69. The van der Waals surface area contributed by atoms with Crippen molar-refractivity contribution in [1.82, 2.24) is 4.90 Å². The van der Waals surface area contributed by atoms with Crippen molar-refractivity contribution in [2.75, 3.05) is 26.3 Å². The molecule has 16 heavy (non-hydrogen) atoms. The van der Waals surface area contributed by atoms with Crippen LogP contribution in [0.25, 0.3) is 0 Å². The van der Waals surface area contributed by atoms with Crippen molar-refractivity contribution < 1.29 is 14.6 Å². The van der Waals surface area contributed by atoms with E-state index in [1.807, 2.05) is 0 Å². The summed E-state index contributed by atoms with van der Waals surface area (Å²) < 4.78 is 5.21. The van der Waals surface area contributed by atoms with Gasteiger partial charge in [0.15, 0.2) is 0 Å². The second-order valence-electron chi connectivity index (χ2n) is 4.85. The zero-order valence-corrected chi connectivity index (χ0v) is 9.52. The molecular weight excluding hydrogens is 208 g/mol. The van der Waals surface area contributed by atoms with Crippen LogP contribution >= 0.6 is 0 Å². The molecule has 0 aromatic rings. The first-order valence-corrected chi connectivity index (χ1v) is 5.95. The standard InChI is InChI=1S/C11H20N2O3/c12-9-2-1-5-13(10(9)14)8-11(15)3-6-16-7-4-11/h9,15H,1-8,12H2. The Morgan fingerprint density at radius 3 is 2.88 bits per heavy atom. The molecule has 2 saturated heterocycles. The summed E-state index contributed by atoms with van der Waals surface area (Å²) in [7, 11) is 0. The van der Waals surface area contributed by atoms with Gasteiger partial charge in [-0.2, -0.15) is 0 Å². The van der Waals surface area contributed by atoms with E-state index in [-0.39, 0.29) is 11.9 Å². The third kappa shape index (κ3) is 2.53. The molecule has 0 bridgehead atoms. The van der Waals surface area contributed by atoms with Crippen LogP contribution in [0.4, 0.5) is 0 Å². The van der Waals surface area contributed by atoms with Gasteiger partial charge in [0.2, 0.25) is 5.91 Å². The Balaban J connectivity index is 1.94. The minimum absolute atomic E-state index is 0.0221. The smallest absolute Gasteiger partial charge is 0.239 e. The van der Waals surface area contributed by atoms with Gasteiger partial charge in [0.05, 0.1) is 11.6 Å². The molecule has 0 aliphatic carbocycles. The number of nitrogens with zero attached hydrogens (tertiary/aromatic N) is 1. The number of ether oxygens (including phenoxy) is 1. The van der Waals surface area contributed by atoms with E-state index in [1.165, 1.54) is 0 Å². The zero-order chi connectivity index (χ0) is 11.6. The fraction of sp³-hybridized carbons (Fsp3) is 0.909. The van der Waals surface area contributed by atoms with Crippen LogP contribution in [0.2, 0.25) is 0 Å². The molecule has 2 aliphatic heterocycles. The molecule has 1 unspecified atom stereocenters. The lowest BCUT2D eigenvalue weighted by Crippen LogP contribution is -2.55. The lowest BCUT2D eigenvalue weighted by molar-refractivity contribution is -0.142. The van der Waals surface area contributed by atoms with E-state index in [0.29, 0.717) is 32.6 Å². The molecule has 1 amide bonds. The number of rotatable bonds is 2. The summed E-state index contributed by atoms with van der Waals surface area (Å²) in [6.07, 6.45) is 2.90. The SMILES string of the molecule is NC1CCCN(CC2(O)CCOCC2)C1=O. The fourth-order valence-corrected chi connectivity index (χ4v) is 2.39. The number of piperidine rings is 1. The van der Waals surface area contributed by atoms with Crippen LogP contribution in [0.15, 0.2) is 0 Å². The molecule has 0 radical (unpaired) electrons. The maximum atomic E-state index is 11.8. The molecule has 2 heterocycles. The number of carbonyl (C=O) groups excluding carboxylic acids is 1. The van der Waals surface area contributed by atoms with Crippen molar-refractivity contribution >= 4 is 5.91 Å². The lowest BCUT2D eigenvalue weighted by atomic mass is 9.92. The van der Waals surface area contributed by atoms with Crippen LogP contribution < -0.4 is 5.73 Å². The van der Waals surface area contributed by atoms with Gasteiger partial charge in [-0.25, -0.2) is 0 Å². The first-order valence-electron chi connectivity index (χ1n) is 5.95. The van der Waals surface area contributed by atoms with E-state index in [4.69, 9.17) is 10.5 Å². The Labute approximate surface area is 95.5 Å². The Morgan fingerprint density at radius 1 is 1.50 bits per heavy atom. The van der Waals surface area contributed by atoms with Crippen molar-refractivity contribution in [3.05, 3.63) is 0 Å². The van der Waals surface area contributed by atoms with Crippen LogP contribution in [0.5, 0.6) is 0 Å². The van der Waals surface area contributed by atoms with E-state index in [9.17, 15) is 9.90 Å². The van der Waals surface area contributed by atoms with Crippen LogP contribution in [-0.2, 0) is 9.53 Å². The summed E-state index contributed by atoms with van der Waals surface area (Å²) in [5, 5.41) is 10.3. The van der Waals surface area contributed by atoms with Gasteiger partial charge in [0, 0.05) is 39.1 Å². The van der Waals surface area contributed by atoms with E-state index in [0.717, 1.165) is 19.4 Å². The van der Waals surface area contributed by atoms with Gasteiger partial charge in [0.1, 0.15) is 0 Å². The maximum absolute atomic E-state index is 11.8. The van der Waals surface area contributed by atoms with Crippen molar-refractivity contribution in [3.63, 3.8) is 0 Å². The van der Waals surface area contributed by atoms with Crippen LogP contribution in [0.3, 0.4) is 0 Å². The van der Waals surface area contributed by atoms with Crippen molar-refractivity contribution in [2.24, 2.45) is 5.73 Å². The topological polar surface area (TPSA) is 75.8 Å². The van der Waals surface area contributed by atoms with Gasteiger partial charge in [-0.15, -0.1) is 0 Å². The normalized spacial score (nSPS) is 30.5. The second-order valence-corrected chi connectivity index (χ2v) is 4.85. The molecule has 0 spiro atoms. The highest BCUT2D eigenvalue weighted by molar-refractivity contribution is 5.82. The average Bonchev–Trinajstić information content (AvgIpc) is 2.26. The van der Waals surface area contributed by atoms with Gasteiger partial charge in [-0.1, -0.05) is 0 Å². The van der Waals surface area contributed by atoms with Crippen molar-refractivity contribution in [1.29, 1.82) is 0 Å². The number of carbonyl (C=O) groups is 1. The number of hydrogen-bond acceptors (Lipinski definition) is 4. The van der Waals surface area contributed by atoms with E-state index in [1.54, 1.807) is 4.90 Å². The van der Waals surface area contributed by atoms with Crippen LogP contribution in [0, 0.1) is 0 Å². The van der Waals surface area contributed by atoms with Gasteiger partial charge in [-0.05, 0) is 12.8 Å². The summed E-state index contributed by atoms with van der Waals surface area (Å²) in [6.45, 7) is 2.27. The van der Waals surface area contributed by atoms with Gasteiger partial charge < -0.3 is 20.5 Å². The highest BCUT2D eigenvalue weighted by atomic mass is 16.5. The average molecular weight is 228 g/mol. The first-order chi connectivity index (χ1) is 7.61. The third-order valence-corrected chi connectivity index (χ3v) is 3.48. The van der Waals surface area contributed by atoms with Gasteiger partial charge >= 0.3 is 0 Å². The van der Waals surface area contributed by atoms with E-state index < -0.39 is 5.60 Å². The van der Waals surface area contributed by atoms with E-state index in [2.05, 4.69) is 0 Å². The van der Waals surface area contributed by atoms with Crippen molar-refractivity contribution in [2.45, 2.75) is 37.3 Å². The number of β-amino-alcohol motifs (C(OH)–C–C–N with tert-alkyl or cyclic N) is 1. The molecule has 3 N–H and O–H groups in total. The van der Waals surface area contributed by atoms with E-state index >= 15 is 0 Å². The Kier molecular flexibility index (Phi) is 3.47. The molecule has 2 aliphatic rings. The third-order valence-electron chi connectivity index (χ3n) is 3.48. The molecule has 2 rings (SSSR count). The Hall–Kier alpha value is -0.650. The minimum atomic E-state index is -0.773. The fourth-order valence-electron chi connectivity index (χ4n) is 2.39. The molecule has 0 aromatic heterocycles. The molecule has 92 valence electrons. The van der Waals surface area contributed by atoms with Crippen molar-refractivity contribution in [3.8, 4) is 0 Å². The maximum Gasteiger partial charge on any atom is 0.239 e. The quantitative estimate of drug-likeness (QED) is 0.666. The summed E-state index contributed by atoms with van der Waals surface area (Å²) in [6, 6.07) is -0.378. The number of amides is 1. The Bertz CT molecular complexity index is 264. The number of aliphatic hydroxyl groups is 1. The molecule has 0 saturated carbocycles. The van der Waals surface area contributed by atoms with Gasteiger partial charge in [-0.3, -0.25) is 4.79 Å². The van der Waals surface area contributed by atoms with Crippen LogP contribution in [-0.4, -0.2) is 53.9 Å². The predicted octanol–water partition coefficient (Wildman–Crippen LogP) is -0.522. The Morgan fingerprint density at radius 2 is 2.19 bits per heavy atom. The molecule has 5 heteroatoms. The largest absolute Gasteiger partial charge is 0.388 e. The molecule has 2 fully saturated rings. The van der Waals surface area contributed by atoms with Gasteiger partial charge in [0.25, 0.3) is 0 Å². The summed E-state index contributed by atoms with van der Waals surface area (Å²) in [5.41, 5.74) is 4.95. The van der Waals surface area contributed by atoms with Crippen LogP contribution in [0.1, 0.15) is 25.7 Å². The molecular formula is C11H20N2O3. The molecule has 5 nitrogen and oxygen atoms in total. The lowest BCUT2D eigenvalue weighted by Gasteiger charge is -2.39. The molecule has 0 aromatic carbocycles. The number of nitrogens with two attached hydrogens (primary N) is 1. The summed E-state index contributed by atoms with van der Waals surface area (Å²) in [5.74, 6) is -0.0221. The molecule has 1 atom stereocenters. The number of hydrogen-bond donors (Lipinski definition) is 2. The predicted molar refractivity (Wildman–Crippen MR) is 58.8 cm³/mol. The first kappa shape index (κ1) is 11.8. The zero-order valence-electron chi connectivity index (χ0n) is 9.52.